The van der Waals surface area contributed by atoms with Gasteiger partial charge in [0.1, 0.15) is 8.41 Å². The highest BCUT2D eigenvalue weighted by atomic mass is 32.2. The molecule has 4 aromatic rings. The van der Waals surface area contributed by atoms with Gasteiger partial charge in [-0.1, -0.05) is 167 Å². The minimum absolute atomic E-state index is 0.0308. The molecule has 5 N–H and O–H groups in total. The number of ketones is 1. The third-order valence-corrected chi connectivity index (χ3v) is 23.6. The van der Waals surface area contributed by atoms with Gasteiger partial charge in [-0.25, -0.2) is 0 Å². The van der Waals surface area contributed by atoms with Crippen LogP contribution in [0.4, 0.5) is 0 Å². The second kappa shape index (κ2) is 23.0. The number of hydrogen-bond acceptors (Lipinski definition) is 11. The monoisotopic (exact) mass is 956 g/mol. The summed E-state index contributed by atoms with van der Waals surface area (Å²) in [7, 11) is 0. The standard InChI is InChI=1S/C52H68N4OS6/c1-38(2)33-48(56-52(49(57)34-39-21-10-6-11-22-39)60-37-46(63-52)42-27-16-9-17-28-42)51(59-36-45(62-51)41-25-14-8-15-26-41)55-47(31-20-32-54-43-29-18-4-3-5-19-30-43)50(53)58-35-44(61-50)40-23-12-7-13-24-40/h6-17,21-28,38,43-48,54-56H,3-5,18-20,29-37,53H2,1-2H3/t44?,45?,46?,47-,48-,50+,51+,52-/m0/s1. The van der Waals surface area contributed by atoms with Crippen molar-refractivity contribution in [1.82, 2.24) is 16.0 Å². The summed E-state index contributed by atoms with van der Waals surface area (Å²) in [4.78, 5) is 15.2. The molecule has 0 spiro atoms. The van der Waals surface area contributed by atoms with Crippen molar-refractivity contribution in [2.45, 2.75) is 131 Å². The highest BCUT2D eigenvalue weighted by molar-refractivity contribution is 8.23. The molecule has 3 heterocycles. The highest BCUT2D eigenvalue weighted by Gasteiger charge is 2.57. The van der Waals surface area contributed by atoms with Gasteiger partial charge in [-0.05, 0) is 66.8 Å². The van der Waals surface area contributed by atoms with Crippen LogP contribution in [0.1, 0.15) is 116 Å². The minimum atomic E-state index is -0.816. The number of Topliss-reactive ketones (excluding diaryl/α,β-unsaturated/α-hetero) is 1. The molecule has 3 saturated heterocycles. The normalized spacial score (nSPS) is 29.0. The van der Waals surface area contributed by atoms with Crippen molar-refractivity contribution in [3.8, 4) is 0 Å². The van der Waals surface area contributed by atoms with Crippen LogP contribution in [0.2, 0.25) is 0 Å². The van der Waals surface area contributed by atoms with Gasteiger partial charge in [0.05, 0.1) is 0 Å². The van der Waals surface area contributed by atoms with Crippen LogP contribution in [0, 0.1) is 5.92 Å². The van der Waals surface area contributed by atoms with Gasteiger partial charge in [-0.2, -0.15) is 0 Å². The Labute approximate surface area is 404 Å². The molecule has 8 atom stereocenters. The molecule has 3 aliphatic heterocycles. The van der Waals surface area contributed by atoms with Crippen molar-refractivity contribution in [1.29, 1.82) is 0 Å². The molecule has 338 valence electrons. The summed E-state index contributed by atoms with van der Waals surface area (Å²) < 4.78 is -1.80. The van der Waals surface area contributed by atoms with Gasteiger partial charge in [0.25, 0.3) is 0 Å². The Balaban J connectivity index is 1.14. The van der Waals surface area contributed by atoms with Gasteiger partial charge >= 0.3 is 0 Å². The SMILES string of the molecule is CC(C)C[C@H](N[C@@]1(C(=O)Cc2ccccc2)SCC(c2ccccc2)S1)[C@@]1(N[C@@H](CCCNC2CCCCCCC2)[C@@]2(N)SCC(c3ccccc3)S2)SCC(c2ccccc2)S1. The van der Waals surface area contributed by atoms with Crippen LogP contribution in [0.5, 0.6) is 0 Å². The summed E-state index contributed by atoms with van der Waals surface area (Å²) in [5, 5.41) is 13.7. The fraction of sp³-hybridized carbons (Fsp3) is 0.519. The van der Waals surface area contributed by atoms with E-state index < -0.39 is 12.6 Å². The van der Waals surface area contributed by atoms with E-state index in [0.29, 0.717) is 28.9 Å². The molecule has 0 amide bonds. The lowest BCUT2D eigenvalue weighted by Crippen LogP contribution is -2.66. The predicted molar refractivity (Wildman–Crippen MR) is 282 cm³/mol. The van der Waals surface area contributed by atoms with E-state index >= 15 is 4.79 Å². The van der Waals surface area contributed by atoms with Crippen molar-refractivity contribution in [2.75, 3.05) is 23.8 Å². The first kappa shape index (κ1) is 48.0. The minimum Gasteiger partial charge on any atom is -0.314 e. The van der Waals surface area contributed by atoms with E-state index in [1.165, 1.54) is 61.6 Å². The second-order valence-electron chi connectivity index (χ2n) is 18.2. The lowest BCUT2D eigenvalue weighted by molar-refractivity contribution is -0.119. The van der Waals surface area contributed by atoms with Crippen molar-refractivity contribution >= 4 is 76.4 Å². The van der Waals surface area contributed by atoms with Crippen molar-refractivity contribution in [3.05, 3.63) is 144 Å². The summed E-state index contributed by atoms with van der Waals surface area (Å²) in [6.45, 7) is 5.70. The van der Waals surface area contributed by atoms with Crippen LogP contribution >= 0.6 is 70.6 Å². The van der Waals surface area contributed by atoms with Crippen LogP contribution in [0.25, 0.3) is 0 Å². The number of carbonyl (C=O) groups is 1. The van der Waals surface area contributed by atoms with Gasteiger partial charge in [0.2, 0.25) is 0 Å². The number of thioether (sulfide) groups is 6. The Morgan fingerprint density at radius 2 is 1.16 bits per heavy atom. The third-order valence-electron chi connectivity index (χ3n) is 13.0. The predicted octanol–water partition coefficient (Wildman–Crippen LogP) is 12.8. The van der Waals surface area contributed by atoms with Crippen LogP contribution in [-0.4, -0.2) is 60.3 Å². The third kappa shape index (κ3) is 12.5. The Hall–Kier alpha value is -1.51. The summed E-state index contributed by atoms with van der Waals surface area (Å²) in [5.41, 5.74) is 12.9. The smallest absolute Gasteiger partial charge is 0.177 e. The molecule has 1 saturated carbocycles. The largest absolute Gasteiger partial charge is 0.314 e. The molecule has 1 aliphatic carbocycles. The van der Waals surface area contributed by atoms with E-state index in [2.05, 4.69) is 169 Å². The van der Waals surface area contributed by atoms with Crippen LogP contribution in [0.3, 0.4) is 0 Å². The number of hydrogen-bond donors (Lipinski definition) is 4. The quantitative estimate of drug-likeness (QED) is 0.0679. The Bertz CT molecular complexity index is 1990. The van der Waals surface area contributed by atoms with Gasteiger partial charge in [-0.15, -0.1) is 70.6 Å². The zero-order chi connectivity index (χ0) is 43.5. The molecule has 8 rings (SSSR count). The average molecular weight is 958 g/mol. The molecule has 4 fully saturated rings. The topological polar surface area (TPSA) is 79.2 Å². The molecular weight excluding hydrogens is 889 g/mol. The molecule has 4 aliphatic rings. The summed E-state index contributed by atoms with van der Waals surface area (Å²) in [6, 6.07) is 43.8. The summed E-state index contributed by atoms with van der Waals surface area (Å²) in [5.74, 6) is 3.49. The molecule has 3 unspecified atom stereocenters. The maximum atomic E-state index is 15.2. The molecule has 0 bridgehead atoms. The van der Waals surface area contributed by atoms with E-state index in [4.69, 9.17) is 5.73 Å². The maximum absolute atomic E-state index is 15.2. The molecule has 63 heavy (non-hydrogen) atoms. The number of rotatable bonds is 19. The van der Waals surface area contributed by atoms with E-state index in [1.807, 2.05) is 53.1 Å². The molecule has 5 nitrogen and oxygen atoms in total. The van der Waals surface area contributed by atoms with Crippen LogP contribution < -0.4 is 21.7 Å². The lowest BCUT2D eigenvalue weighted by atomic mass is 9.96. The van der Waals surface area contributed by atoms with Crippen molar-refractivity contribution in [2.24, 2.45) is 11.7 Å². The Morgan fingerprint density at radius 3 is 1.76 bits per heavy atom. The van der Waals surface area contributed by atoms with E-state index in [-0.39, 0.29) is 23.1 Å². The van der Waals surface area contributed by atoms with Gasteiger partial charge in [-0.3, -0.25) is 15.4 Å². The van der Waals surface area contributed by atoms with Gasteiger partial charge in [0.15, 0.2) is 9.99 Å². The Morgan fingerprint density at radius 1 is 0.635 bits per heavy atom. The number of nitrogens with one attached hydrogen (secondary N) is 3. The fourth-order valence-electron chi connectivity index (χ4n) is 9.57. The zero-order valence-corrected chi connectivity index (χ0v) is 42.0. The first-order chi connectivity index (χ1) is 30.7. The molecule has 4 aromatic carbocycles. The number of nitrogens with two attached hydrogens (primary N) is 1. The Kier molecular flexibility index (Phi) is 17.5. The van der Waals surface area contributed by atoms with E-state index in [0.717, 1.165) is 48.6 Å². The van der Waals surface area contributed by atoms with Crippen LogP contribution in [0.15, 0.2) is 121 Å². The fourth-order valence-corrected chi connectivity index (χ4v) is 20.1. The summed E-state index contributed by atoms with van der Waals surface area (Å²) >= 11 is 11.7. The summed E-state index contributed by atoms with van der Waals surface area (Å²) in [6.07, 6.45) is 12.7. The first-order valence-electron chi connectivity index (χ1n) is 23.5. The molecule has 0 aromatic heterocycles. The lowest BCUT2D eigenvalue weighted by Gasteiger charge is -2.47. The molecular formula is C52H68N4OS6. The highest BCUT2D eigenvalue weighted by Crippen LogP contribution is 2.61. The van der Waals surface area contributed by atoms with E-state index in [9.17, 15) is 0 Å². The van der Waals surface area contributed by atoms with E-state index in [1.54, 1.807) is 0 Å². The number of carbonyl (C=O) groups excluding carboxylic acids is 1. The van der Waals surface area contributed by atoms with Crippen molar-refractivity contribution in [3.63, 3.8) is 0 Å². The first-order valence-corrected chi connectivity index (χ1v) is 29.1. The van der Waals surface area contributed by atoms with Crippen molar-refractivity contribution < 1.29 is 4.79 Å². The molecule has 0 radical (unpaired) electrons. The number of benzene rings is 4. The second-order valence-corrected chi connectivity index (χ2v) is 27.2. The van der Waals surface area contributed by atoms with Crippen LogP contribution in [-0.2, 0) is 11.2 Å². The molecule has 11 heteroatoms. The maximum Gasteiger partial charge on any atom is 0.177 e. The van der Waals surface area contributed by atoms with Gasteiger partial charge in [0, 0.05) is 57.6 Å². The zero-order valence-electron chi connectivity index (χ0n) is 37.1. The van der Waals surface area contributed by atoms with Gasteiger partial charge < -0.3 is 11.1 Å². The average Bonchev–Trinajstić information content (AvgIpc) is 4.05.